The summed E-state index contributed by atoms with van der Waals surface area (Å²) < 4.78 is 0. The van der Waals surface area contributed by atoms with Crippen molar-refractivity contribution in [1.29, 1.82) is 0 Å². The minimum atomic E-state index is 0.903. The zero-order chi connectivity index (χ0) is 4.41. The van der Waals surface area contributed by atoms with Gasteiger partial charge in [-0.15, -0.1) is 11.8 Å². The minimum absolute atomic E-state index is 0.903. The first kappa shape index (κ1) is 4.02. The average molecular weight is 102 g/mol. The van der Waals surface area contributed by atoms with E-state index < -0.39 is 0 Å². The molecule has 34 valence electrons. The molecule has 0 aromatic carbocycles. The Morgan fingerprint density at radius 2 is 2.67 bits per heavy atom. The number of hydrazine groups is 1. The standard InChI is InChI=1S/C3H6N2S/c4-5-1-2-6-3-5/h1-2H,3-4H2. The van der Waals surface area contributed by atoms with Crippen LogP contribution in [-0.4, -0.2) is 10.9 Å². The third kappa shape index (κ3) is 0.666. The van der Waals surface area contributed by atoms with E-state index in [-0.39, 0.29) is 0 Å². The molecule has 1 aliphatic heterocycles. The third-order valence-corrected chi connectivity index (χ3v) is 1.33. The average Bonchev–Trinajstić information content (AvgIpc) is 1.86. The smallest absolute Gasteiger partial charge is 0.0830 e. The van der Waals surface area contributed by atoms with Gasteiger partial charge in [0.25, 0.3) is 0 Å². The summed E-state index contributed by atoms with van der Waals surface area (Å²) in [4.78, 5) is 0. The Balaban J connectivity index is 2.38. The van der Waals surface area contributed by atoms with Crippen molar-refractivity contribution in [2.24, 2.45) is 5.84 Å². The van der Waals surface area contributed by atoms with Gasteiger partial charge in [-0.25, -0.2) is 5.84 Å². The molecule has 0 radical (unpaired) electrons. The quantitative estimate of drug-likeness (QED) is 0.447. The van der Waals surface area contributed by atoms with Crippen LogP contribution in [-0.2, 0) is 0 Å². The molecule has 0 aromatic heterocycles. The van der Waals surface area contributed by atoms with E-state index in [9.17, 15) is 0 Å². The molecular weight excluding hydrogens is 96.1 g/mol. The highest BCUT2D eigenvalue weighted by Crippen LogP contribution is 2.09. The van der Waals surface area contributed by atoms with Crippen molar-refractivity contribution in [2.75, 3.05) is 5.88 Å². The molecule has 0 amide bonds. The zero-order valence-corrected chi connectivity index (χ0v) is 4.11. The van der Waals surface area contributed by atoms with Crippen LogP contribution in [0.1, 0.15) is 0 Å². The monoisotopic (exact) mass is 102 g/mol. The molecule has 3 heteroatoms. The third-order valence-electron chi connectivity index (χ3n) is 0.572. The van der Waals surface area contributed by atoms with E-state index in [4.69, 9.17) is 5.84 Å². The zero-order valence-electron chi connectivity index (χ0n) is 3.29. The highest BCUT2D eigenvalue weighted by atomic mass is 32.2. The molecular formula is C3H6N2S. The molecule has 2 N–H and O–H groups in total. The first-order valence-electron chi connectivity index (χ1n) is 1.69. The second-order valence-corrected chi connectivity index (χ2v) is 1.96. The van der Waals surface area contributed by atoms with Gasteiger partial charge in [-0.05, 0) is 5.41 Å². The maximum absolute atomic E-state index is 5.26. The lowest BCUT2D eigenvalue weighted by Crippen LogP contribution is -2.20. The largest absolute Gasteiger partial charge is 0.308 e. The van der Waals surface area contributed by atoms with E-state index in [0.29, 0.717) is 0 Å². The predicted molar refractivity (Wildman–Crippen MR) is 27.6 cm³/mol. The molecule has 0 spiro atoms. The summed E-state index contributed by atoms with van der Waals surface area (Å²) in [5.74, 6) is 6.16. The Morgan fingerprint density at radius 1 is 1.83 bits per heavy atom. The summed E-state index contributed by atoms with van der Waals surface area (Å²) in [6, 6.07) is 0. The van der Waals surface area contributed by atoms with Crippen LogP contribution in [0.25, 0.3) is 0 Å². The number of nitrogens with two attached hydrogens (primary N) is 1. The van der Waals surface area contributed by atoms with Gasteiger partial charge in [0.2, 0.25) is 0 Å². The molecule has 0 saturated carbocycles. The Labute approximate surface area is 41.0 Å². The van der Waals surface area contributed by atoms with Gasteiger partial charge >= 0.3 is 0 Å². The van der Waals surface area contributed by atoms with E-state index in [0.717, 1.165) is 5.88 Å². The van der Waals surface area contributed by atoms with Gasteiger partial charge in [-0.1, -0.05) is 0 Å². The van der Waals surface area contributed by atoms with E-state index in [2.05, 4.69) is 0 Å². The van der Waals surface area contributed by atoms with Crippen LogP contribution < -0.4 is 5.84 Å². The molecule has 0 unspecified atom stereocenters. The van der Waals surface area contributed by atoms with Gasteiger partial charge < -0.3 is 5.01 Å². The van der Waals surface area contributed by atoms with E-state index in [1.54, 1.807) is 16.8 Å². The van der Waals surface area contributed by atoms with Crippen LogP contribution >= 0.6 is 11.8 Å². The van der Waals surface area contributed by atoms with Crippen LogP contribution in [0.3, 0.4) is 0 Å². The van der Waals surface area contributed by atoms with Crippen molar-refractivity contribution < 1.29 is 0 Å². The lowest BCUT2D eigenvalue weighted by Gasteiger charge is -2.01. The van der Waals surface area contributed by atoms with Crippen LogP contribution in [0.15, 0.2) is 11.6 Å². The van der Waals surface area contributed by atoms with Crippen LogP contribution in [0.5, 0.6) is 0 Å². The molecule has 6 heavy (non-hydrogen) atoms. The number of nitrogens with zero attached hydrogens (tertiary/aromatic N) is 1. The molecule has 0 saturated heterocycles. The van der Waals surface area contributed by atoms with Gasteiger partial charge in [0.15, 0.2) is 0 Å². The second-order valence-electron chi connectivity index (χ2n) is 1.10. The van der Waals surface area contributed by atoms with Gasteiger partial charge in [0, 0.05) is 6.20 Å². The van der Waals surface area contributed by atoms with E-state index in [1.807, 2.05) is 11.6 Å². The van der Waals surface area contributed by atoms with Crippen molar-refractivity contribution in [3.63, 3.8) is 0 Å². The number of hydrogen-bond acceptors (Lipinski definition) is 3. The summed E-state index contributed by atoms with van der Waals surface area (Å²) >= 11 is 1.70. The van der Waals surface area contributed by atoms with Crippen molar-refractivity contribution >= 4 is 11.8 Å². The van der Waals surface area contributed by atoms with E-state index >= 15 is 0 Å². The Hall–Kier alpha value is -0.150. The highest BCUT2D eigenvalue weighted by molar-refractivity contribution is 8.02. The van der Waals surface area contributed by atoms with Gasteiger partial charge in [-0.3, -0.25) is 0 Å². The molecule has 1 aliphatic rings. The van der Waals surface area contributed by atoms with Crippen molar-refractivity contribution in [3.05, 3.63) is 11.6 Å². The molecule has 0 bridgehead atoms. The van der Waals surface area contributed by atoms with Gasteiger partial charge in [0.1, 0.15) is 0 Å². The highest BCUT2D eigenvalue weighted by Gasteiger charge is 1.94. The van der Waals surface area contributed by atoms with Crippen molar-refractivity contribution in [3.8, 4) is 0 Å². The lowest BCUT2D eigenvalue weighted by molar-refractivity contribution is 0.474. The molecule has 0 atom stereocenters. The van der Waals surface area contributed by atoms with Crippen molar-refractivity contribution in [1.82, 2.24) is 5.01 Å². The molecule has 1 heterocycles. The number of rotatable bonds is 0. The van der Waals surface area contributed by atoms with Gasteiger partial charge in [-0.2, -0.15) is 0 Å². The SMILES string of the molecule is NN1C=CSC1. The normalized spacial score (nSPS) is 19.8. The first-order valence-corrected chi connectivity index (χ1v) is 2.74. The predicted octanol–water partition coefficient (Wildman–Crippen LogP) is 0.338. The molecule has 2 nitrogen and oxygen atoms in total. The summed E-state index contributed by atoms with van der Waals surface area (Å²) in [5, 5.41) is 3.62. The Morgan fingerprint density at radius 3 is 2.83 bits per heavy atom. The summed E-state index contributed by atoms with van der Waals surface area (Å²) in [6.07, 6.45) is 1.85. The molecule has 0 fully saturated rings. The Kier molecular flexibility index (Phi) is 1.03. The maximum Gasteiger partial charge on any atom is 0.0830 e. The van der Waals surface area contributed by atoms with Crippen LogP contribution in [0.2, 0.25) is 0 Å². The first-order chi connectivity index (χ1) is 2.89. The molecule has 0 aliphatic carbocycles. The summed E-state index contributed by atoms with van der Waals surface area (Å²) in [5.41, 5.74) is 0. The molecule has 0 aromatic rings. The fourth-order valence-corrected chi connectivity index (χ4v) is 0.880. The van der Waals surface area contributed by atoms with Gasteiger partial charge in [0.05, 0.1) is 5.88 Å². The van der Waals surface area contributed by atoms with E-state index in [1.165, 1.54) is 0 Å². The maximum atomic E-state index is 5.26. The minimum Gasteiger partial charge on any atom is -0.308 e. The summed E-state index contributed by atoms with van der Waals surface area (Å²) in [6.45, 7) is 0. The number of thioether (sulfide) groups is 1. The van der Waals surface area contributed by atoms with Crippen LogP contribution in [0.4, 0.5) is 0 Å². The van der Waals surface area contributed by atoms with Crippen molar-refractivity contribution in [2.45, 2.75) is 0 Å². The lowest BCUT2D eigenvalue weighted by atomic mass is 11.0. The number of hydrogen-bond donors (Lipinski definition) is 1. The molecule has 1 rings (SSSR count). The fraction of sp³-hybridized carbons (Fsp3) is 0.333. The second kappa shape index (κ2) is 1.53. The Bertz CT molecular complexity index is 71.2. The van der Waals surface area contributed by atoms with Crippen LogP contribution in [0, 0.1) is 0 Å². The fourth-order valence-electron chi connectivity index (χ4n) is 0.293. The summed E-state index contributed by atoms with van der Waals surface area (Å²) in [7, 11) is 0. The topological polar surface area (TPSA) is 29.3 Å².